The van der Waals surface area contributed by atoms with Gasteiger partial charge in [-0.05, 0) is 18.6 Å². The van der Waals surface area contributed by atoms with Gasteiger partial charge in [0.1, 0.15) is 5.15 Å². The Labute approximate surface area is 102 Å². The normalized spacial score (nSPS) is 8.88. The molecule has 0 atom stereocenters. The number of nitrogens with zero attached hydrogens (tertiary/aromatic N) is 2. The number of rotatable bonds is 2. The van der Waals surface area contributed by atoms with Crippen LogP contribution >= 0.6 is 22.9 Å². The maximum Gasteiger partial charge on any atom is 0.213 e. The lowest BCUT2D eigenvalue weighted by atomic mass is 10.3. The summed E-state index contributed by atoms with van der Waals surface area (Å²) in [5.41, 5.74) is 1.13. The fraction of sp³-hybridized carbons (Fsp3) is 0.100. The minimum Gasteiger partial charge on any atom is -0.305 e. The van der Waals surface area contributed by atoms with Crippen LogP contribution in [0.1, 0.15) is 5.56 Å². The van der Waals surface area contributed by atoms with E-state index in [0.29, 0.717) is 16.7 Å². The molecule has 0 aliphatic rings. The molecule has 1 N–H and O–H groups in total. The van der Waals surface area contributed by atoms with Crippen molar-refractivity contribution in [2.45, 2.75) is 6.92 Å². The maximum absolute atomic E-state index is 9.73. The first-order chi connectivity index (χ1) is 7.72. The van der Waals surface area contributed by atoms with Crippen LogP contribution in [0.15, 0.2) is 29.9 Å². The molecule has 0 radical (unpaired) electrons. The Bertz CT molecular complexity index is 395. The van der Waals surface area contributed by atoms with Crippen molar-refractivity contribution in [2.24, 2.45) is 0 Å². The third-order valence-corrected chi connectivity index (χ3v) is 2.42. The molecule has 0 fully saturated rings. The van der Waals surface area contributed by atoms with Crippen molar-refractivity contribution in [3.05, 3.63) is 40.6 Å². The van der Waals surface area contributed by atoms with E-state index in [1.54, 1.807) is 23.8 Å². The second kappa shape index (κ2) is 6.92. The fourth-order valence-corrected chi connectivity index (χ4v) is 1.40. The van der Waals surface area contributed by atoms with Crippen molar-refractivity contribution in [3.63, 3.8) is 0 Å². The van der Waals surface area contributed by atoms with Gasteiger partial charge in [0.2, 0.25) is 6.41 Å². The predicted molar refractivity (Wildman–Crippen MR) is 65.8 cm³/mol. The molecule has 0 unspecified atom stereocenters. The highest BCUT2D eigenvalue weighted by Crippen LogP contribution is 2.07. The number of nitrogens with one attached hydrogen (secondary N) is 1. The summed E-state index contributed by atoms with van der Waals surface area (Å²) in [5, 5.41) is 5.40. The number of amides is 1. The van der Waals surface area contributed by atoms with Crippen LogP contribution < -0.4 is 5.32 Å². The SMILES string of the molecule is Cc1ccc(Cl)nc1.O=CNc1nccs1. The third-order valence-electron chi connectivity index (χ3n) is 1.49. The molecule has 0 spiro atoms. The quantitative estimate of drug-likeness (QED) is 0.663. The van der Waals surface area contributed by atoms with E-state index in [0.717, 1.165) is 5.56 Å². The van der Waals surface area contributed by atoms with E-state index in [1.807, 2.05) is 13.0 Å². The predicted octanol–water partition coefficient (Wildman–Crippen LogP) is 2.75. The number of aryl methyl sites for hydroxylation is 1. The Hall–Kier alpha value is -1.46. The highest BCUT2D eigenvalue weighted by molar-refractivity contribution is 7.13. The number of pyridine rings is 1. The van der Waals surface area contributed by atoms with Crippen LogP contribution in [0.25, 0.3) is 0 Å². The van der Waals surface area contributed by atoms with E-state index in [2.05, 4.69) is 15.3 Å². The number of carbonyl (C=O) groups is 1. The molecule has 6 heteroatoms. The Morgan fingerprint density at radius 1 is 1.44 bits per heavy atom. The zero-order valence-electron chi connectivity index (χ0n) is 8.55. The van der Waals surface area contributed by atoms with Gasteiger partial charge < -0.3 is 5.32 Å². The lowest BCUT2D eigenvalue weighted by molar-refractivity contribution is -0.105. The van der Waals surface area contributed by atoms with E-state index in [4.69, 9.17) is 11.6 Å². The van der Waals surface area contributed by atoms with Gasteiger partial charge in [0.05, 0.1) is 0 Å². The smallest absolute Gasteiger partial charge is 0.213 e. The van der Waals surface area contributed by atoms with Crippen LogP contribution in [0.5, 0.6) is 0 Å². The highest BCUT2D eigenvalue weighted by atomic mass is 35.5. The molecule has 2 rings (SSSR count). The molecular weight excluding hydrogens is 246 g/mol. The maximum atomic E-state index is 9.73. The average Bonchev–Trinajstić information content (AvgIpc) is 2.77. The monoisotopic (exact) mass is 255 g/mol. The zero-order chi connectivity index (χ0) is 11.8. The second-order valence-corrected chi connectivity index (χ2v) is 4.04. The minimum absolute atomic E-state index is 0.551. The van der Waals surface area contributed by atoms with Crippen molar-refractivity contribution in [3.8, 4) is 0 Å². The highest BCUT2D eigenvalue weighted by Gasteiger charge is 1.86. The number of carbonyl (C=O) groups excluding carboxylic acids is 1. The first kappa shape index (κ1) is 12.6. The number of thiazole rings is 1. The molecule has 0 aliphatic carbocycles. The Morgan fingerprint density at radius 2 is 2.25 bits per heavy atom. The Kier molecular flexibility index (Phi) is 5.45. The molecular formula is C10H10ClN3OS. The average molecular weight is 256 g/mol. The second-order valence-electron chi connectivity index (χ2n) is 2.76. The third kappa shape index (κ3) is 4.86. The summed E-state index contributed by atoms with van der Waals surface area (Å²) in [6, 6.07) is 3.70. The van der Waals surface area contributed by atoms with Crippen LogP contribution in [-0.4, -0.2) is 16.4 Å². The number of hydrogen-bond acceptors (Lipinski definition) is 4. The molecule has 2 aromatic heterocycles. The van der Waals surface area contributed by atoms with E-state index >= 15 is 0 Å². The standard InChI is InChI=1S/C6H6ClN.C4H4N2OS/c1-5-2-3-6(7)8-4-5;7-3-6-4-5-1-2-8-4/h2-4H,1H3;1-3H,(H,5,6,7). The number of hydrogen-bond donors (Lipinski definition) is 1. The Morgan fingerprint density at radius 3 is 2.69 bits per heavy atom. The van der Waals surface area contributed by atoms with Crippen LogP contribution in [-0.2, 0) is 4.79 Å². The van der Waals surface area contributed by atoms with E-state index in [9.17, 15) is 4.79 Å². The van der Waals surface area contributed by atoms with Crippen molar-refractivity contribution >= 4 is 34.5 Å². The van der Waals surface area contributed by atoms with Gasteiger partial charge >= 0.3 is 0 Å². The number of halogens is 1. The van der Waals surface area contributed by atoms with Crippen LogP contribution in [0.3, 0.4) is 0 Å². The summed E-state index contributed by atoms with van der Waals surface area (Å²) in [7, 11) is 0. The van der Waals surface area contributed by atoms with Crippen LogP contribution in [0.4, 0.5) is 5.13 Å². The topological polar surface area (TPSA) is 54.9 Å². The summed E-state index contributed by atoms with van der Waals surface area (Å²) < 4.78 is 0. The van der Waals surface area contributed by atoms with Gasteiger partial charge in [0.25, 0.3) is 0 Å². The van der Waals surface area contributed by atoms with Gasteiger partial charge in [-0.25, -0.2) is 9.97 Å². The van der Waals surface area contributed by atoms with E-state index < -0.39 is 0 Å². The van der Waals surface area contributed by atoms with Gasteiger partial charge in [-0.3, -0.25) is 4.79 Å². The summed E-state index contributed by atoms with van der Waals surface area (Å²) in [5.74, 6) is 0. The molecule has 4 nitrogen and oxygen atoms in total. The summed E-state index contributed by atoms with van der Waals surface area (Å²) in [6.45, 7) is 1.98. The largest absolute Gasteiger partial charge is 0.305 e. The zero-order valence-corrected chi connectivity index (χ0v) is 10.1. The fourth-order valence-electron chi connectivity index (χ4n) is 0.795. The molecule has 0 saturated heterocycles. The number of anilines is 1. The Balaban J connectivity index is 0.000000160. The lowest BCUT2D eigenvalue weighted by Crippen LogP contribution is -1.90. The van der Waals surface area contributed by atoms with Crippen LogP contribution in [0.2, 0.25) is 5.15 Å². The summed E-state index contributed by atoms with van der Waals surface area (Å²) in [6.07, 6.45) is 3.98. The summed E-state index contributed by atoms with van der Waals surface area (Å²) >= 11 is 6.89. The van der Waals surface area contributed by atoms with Crippen molar-refractivity contribution < 1.29 is 4.79 Å². The van der Waals surface area contributed by atoms with Gasteiger partial charge in [-0.15, -0.1) is 11.3 Å². The van der Waals surface area contributed by atoms with Crippen molar-refractivity contribution in [1.82, 2.24) is 9.97 Å². The van der Waals surface area contributed by atoms with Gasteiger partial charge in [0.15, 0.2) is 5.13 Å². The van der Waals surface area contributed by atoms with Crippen molar-refractivity contribution in [1.29, 1.82) is 0 Å². The van der Waals surface area contributed by atoms with Crippen LogP contribution in [0, 0.1) is 6.92 Å². The molecule has 0 aliphatic heterocycles. The molecule has 0 bridgehead atoms. The molecule has 0 saturated carbocycles. The first-order valence-electron chi connectivity index (χ1n) is 4.40. The van der Waals surface area contributed by atoms with Crippen molar-refractivity contribution in [2.75, 3.05) is 5.32 Å². The van der Waals surface area contributed by atoms with Gasteiger partial charge in [-0.2, -0.15) is 0 Å². The van der Waals surface area contributed by atoms with Gasteiger partial charge in [-0.1, -0.05) is 17.7 Å². The molecule has 0 aromatic carbocycles. The summed E-state index contributed by atoms with van der Waals surface area (Å²) in [4.78, 5) is 17.4. The molecule has 84 valence electrons. The van der Waals surface area contributed by atoms with Gasteiger partial charge in [0, 0.05) is 17.8 Å². The van der Waals surface area contributed by atoms with E-state index in [1.165, 1.54) is 11.3 Å². The van der Waals surface area contributed by atoms with E-state index in [-0.39, 0.29) is 0 Å². The molecule has 1 amide bonds. The minimum atomic E-state index is 0.551. The molecule has 2 aromatic rings. The first-order valence-corrected chi connectivity index (χ1v) is 5.66. The molecule has 16 heavy (non-hydrogen) atoms. The lowest BCUT2D eigenvalue weighted by Gasteiger charge is -1.87. The molecule has 2 heterocycles. The number of aromatic nitrogens is 2.